The second-order valence-corrected chi connectivity index (χ2v) is 9.71. The lowest BCUT2D eigenvalue weighted by molar-refractivity contribution is -0.123. The molecule has 2 aromatic rings. The number of nitrogens with one attached hydrogen (secondary N) is 3. The van der Waals surface area contributed by atoms with Crippen LogP contribution in [0.2, 0.25) is 0 Å². The van der Waals surface area contributed by atoms with Crippen molar-refractivity contribution in [2.45, 2.75) is 20.8 Å². The van der Waals surface area contributed by atoms with Crippen molar-refractivity contribution in [2.24, 2.45) is 5.41 Å². The number of imide groups is 1. The smallest absolute Gasteiger partial charge is 0.414 e. The molecule has 0 aromatic carbocycles. The van der Waals surface area contributed by atoms with Crippen LogP contribution in [0.15, 0.2) is 29.8 Å². The van der Waals surface area contributed by atoms with Crippen LogP contribution in [0.4, 0.5) is 15.6 Å². The topological polar surface area (TPSA) is 139 Å². The fraction of sp³-hybridized carbons (Fsp3) is 0.435. The summed E-state index contributed by atoms with van der Waals surface area (Å²) in [4.78, 5) is 55.7. The van der Waals surface area contributed by atoms with Gasteiger partial charge in [-0.1, -0.05) is 20.8 Å². The summed E-state index contributed by atoms with van der Waals surface area (Å²) < 4.78 is 10.4. The van der Waals surface area contributed by atoms with Gasteiger partial charge in [-0.2, -0.15) is 0 Å². The number of alkyl carbamates (subject to hydrolysis) is 1. The van der Waals surface area contributed by atoms with Crippen LogP contribution in [0.25, 0.3) is 0 Å². The monoisotopic (exact) mass is 503 g/mol. The molecule has 0 aliphatic carbocycles. The Bertz CT molecular complexity index is 1070. The number of ether oxygens (including phenoxy) is 2. The van der Waals surface area contributed by atoms with Gasteiger partial charge in [0.25, 0.3) is 11.8 Å². The van der Waals surface area contributed by atoms with E-state index in [4.69, 9.17) is 9.47 Å². The predicted octanol–water partition coefficient (Wildman–Crippen LogP) is 2.58. The van der Waals surface area contributed by atoms with Gasteiger partial charge in [-0.25, -0.2) is 9.78 Å². The second kappa shape index (κ2) is 11.9. The van der Waals surface area contributed by atoms with E-state index in [1.807, 2.05) is 0 Å². The highest BCUT2D eigenvalue weighted by Gasteiger charge is 2.23. The third kappa shape index (κ3) is 7.84. The predicted molar refractivity (Wildman–Crippen MR) is 131 cm³/mol. The maximum Gasteiger partial charge on any atom is 0.414 e. The van der Waals surface area contributed by atoms with Gasteiger partial charge in [0, 0.05) is 36.8 Å². The summed E-state index contributed by atoms with van der Waals surface area (Å²) in [6.45, 7) is 8.81. The molecule has 12 heteroatoms. The Labute approximate surface area is 207 Å². The van der Waals surface area contributed by atoms with Gasteiger partial charge in [-0.3, -0.25) is 24.6 Å². The summed E-state index contributed by atoms with van der Waals surface area (Å²) in [6.07, 6.45) is 0.544. The molecule has 2 aromatic heterocycles. The van der Waals surface area contributed by atoms with Crippen LogP contribution in [0, 0.1) is 5.41 Å². The zero-order chi connectivity index (χ0) is 25.4. The standard InChI is InChI=1S/C23H29N5O6S/c1-23(2,3)21(31)25-17-14-15(4-6-24-17)18(29)26-20-16(5-13-35-20)19(30)27-22(32)34-12-9-28-7-10-33-11-8-28/h4-6,13-14H,7-12H2,1-3H3,(H,26,29)(H,24,25,31)(H,27,30,32). The molecule has 35 heavy (non-hydrogen) atoms. The third-order valence-electron chi connectivity index (χ3n) is 5.04. The van der Waals surface area contributed by atoms with Gasteiger partial charge in [-0.15, -0.1) is 11.3 Å². The summed E-state index contributed by atoms with van der Waals surface area (Å²) in [5.41, 5.74) is -0.252. The van der Waals surface area contributed by atoms with Crippen molar-refractivity contribution in [1.82, 2.24) is 15.2 Å². The van der Waals surface area contributed by atoms with Gasteiger partial charge >= 0.3 is 6.09 Å². The zero-order valence-corrected chi connectivity index (χ0v) is 20.7. The van der Waals surface area contributed by atoms with Crippen LogP contribution >= 0.6 is 11.3 Å². The van der Waals surface area contributed by atoms with Crippen LogP contribution in [-0.2, 0) is 14.3 Å². The Morgan fingerprint density at radius 1 is 1.11 bits per heavy atom. The second-order valence-electron chi connectivity index (χ2n) is 8.80. The van der Waals surface area contributed by atoms with E-state index < -0.39 is 23.3 Å². The number of carbonyl (C=O) groups is 4. The number of rotatable bonds is 7. The molecule has 0 unspecified atom stereocenters. The number of carbonyl (C=O) groups excluding carboxylic acids is 4. The van der Waals surface area contributed by atoms with Crippen LogP contribution in [0.5, 0.6) is 0 Å². The Kier molecular flexibility index (Phi) is 8.90. The average Bonchev–Trinajstić information content (AvgIpc) is 3.27. The number of thiophene rings is 1. The van der Waals surface area contributed by atoms with Crippen molar-refractivity contribution in [3.05, 3.63) is 40.9 Å². The third-order valence-corrected chi connectivity index (χ3v) is 5.87. The van der Waals surface area contributed by atoms with Gasteiger partial charge in [0.1, 0.15) is 17.4 Å². The molecular weight excluding hydrogens is 474 g/mol. The molecule has 188 valence electrons. The number of pyridine rings is 1. The lowest BCUT2D eigenvalue weighted by Crippen LogP contribution is -2.39. The van der Waals surface area contributed by atoms with E-state index in [2.05, 4.69) is 25.8 Å². The van der Waals surface area contributed by atoms with E-state index in [-0.39, 0.29) is 34.5 Å². The first-order chi connectivity index (χ1) is 16.6. The van der Waals surface area contributed by atoms with Gasteiger partial charge < -0.3 is 20.1 Å². The molecule has 0 radical (unpaired) electrons. The number of nitrogens with zero attached hydrogens (tertiary/aromatic N) is 2. The molecule has 1 fully saturated rings. The van der Waals surface area contributed by atoms with Crippen molar-refractivity contribution >= 4 is 46.0 Å². The summed E-state index contributed by atoms with van der Waals surface area (Å²) in [6, 6.07) is 4.43. The Balaban J connectivity index is 1.54. The Hall–Kier alpha value is -3.35. The summed E-state index contributed by atoms with van der Waals surface area (Å²) in [5, 5.41) is 9.40. The van der Waals surface area contributed by atoms with E-state index in [0.29, 0.717) is 19.8 Å². The van der Waals surface area contributed by atoms with E-state index >= 15 is 0 Å². The quantitative estimate of drug-likeness (QED) is 0.524. The minimum Gasteiger partial charge on any atom is -0.448 e. The minimum atomic E-state index is -0.861. The number of hydrogen-bond acceptors (Lipinski definition) is 9. The number of morpholine rings is 1. The lowest BCUT2D eigenvalue weighted by atomic mass is 9.96. The molecule has 3 rings (SSSR count). The zero-order valence-electron chi connectivity index (χ0n) is 19.9. The highest BCUT2D eigenvalue weighted by molar-refractivity contribution is 7.14. The van der Waals surface area contributed by atoms with E-state index in [0.717, 1.165) is 24.4 Å². The van der Waals surface area contributed by atoms with Gasteiger partial charge in [0.05, 0.1) is 18.8 Å². The maximum absolute atomic E-state index is 12.8. The van der Waals surface area contributed by atoms with Gasteiger partial charge in [0.2, 0.25) is 5.91 Å². The number of anilines is 2. The largest absolute Gasteiger partial charge is 0.448 e. The van der Waals surface area contributed by atoms with Crippen molar-refractivity contribution in [2.75, 3.05) is 50.1 Å². The van der Waals surface area contributed by atoms with E-state index in [1.165, 1.54) is 24.4 Å². The van der Waals surface area contributed by atoms with Crippen LogP contribution in [0.1, 0.15) is 41.5 Å². The maximum atomic E-state index is 12.8. The first kappa shape index (κ1) is 26.3. The summed E-state index contributed by atoms with van der Waals surface area (Å²) in [7, 11) is 0. The minimum absolute atomic E-state index is 0.129. The highest BCUT2D eigenvalue weighted by atomic mass is 32.1. The number of aromatic nitrogens is 1. The van der Waals surface area contributed by atoms with Crippen molar-refractivity contribution < 1.29 is 28.7 Å². The van der Waals surface area contributed by atoms with Gasteiger partial charge in [-0.05, 0) is 23.6 Å². The lowest BCUT2D eigenvalue weighted by Gasteiger charge is -2.26. The molecule has 3 heterocycles. The van der Waals surface area contributed by atoms with Crippen LogP contribution in [-0.4, -0.2) is 73.2 Å². The number of amides is 4. The molecule has 3 N–H and O–H groups in total. The molecule has 0 bridgehead atoms. The Morgan fingerprint density at radius 2 is 1.86 bits per heavy atom. The van der Waals surface area contributed by atoms with Crippen molar-refractivity contribution in [3.8, 4) is 0 Å². The molecule has 0 saturated carbocycles. The Morgan fingerprint density at radius 3 is 2.57 bits per heavy atom. The fourth-order valence-electron chi connectivity index (χ4n) is 2.99. The van der Waals surface area contributed by atoms with Crippen molar-refractivity contribution in [3.63, 3.8) is 0 Å². The summed E-state index contributed by atoms with van der Waals surface area (Å²) >= 11 is 1.13. The molecule has 1 aliphatic rings. The van der Waals surface area contributed by atoms with Crippen LogP contribution < -0.4 is 16.0 Å². The first-order valence-corrected chi connectivity index (χ1v) is 12.0. The normalized spacial score (nSPS) is 14.1. The highest BCUT2D eigenvalue weighted by Crippen LogP contribution is 2.24. The van der Waals surface area contributed by atoms with E-state index in [1.54, 1.807) is 26.2 Å². The molecule has 1 aliphatic heterocycles. The summed E-state index contributed by atoms with van der Waals surface area (Å²) in [5.74, 6) is -1.19. The molecular formula is C23H29N5O6S. The molecule has 0 spiro atoms. The molecule has 4 amide bonds. The fourth-order valence-corrected chi connectivity index (χ4v) is 3.77. The average molecular weight is 504 g/mol. The molecule has 1 saturated heterocycles. The van der Waals surface area contributed by atoms with E-state index in [9.17, 15) is 19.2 Å². The SMILES string of the molecule is CC(C)(C)C(=O)Nc1cc(C(=O)Nc2sccc2C(=O)NC(=O)OCCN2CCOCC2)ccn1. The first-order valence-electron chi connectivity index (χ1n) is 11.1. The van der Waals surface area contributed by atoms with Crippen LogP contribution in [0.3, 0.4) is 0 Å². The molecule has 0 atom stereocenters. The van der Waals surface area contributed by atoms with Gasteiger partial charge in [0.15, 0.2) is 0 Å². The number of hydrogen-bond donors (Lipinski definition) is 3. The van der Waals surface area contributed by atoms with Crippen molar-refractivity contribution in [1.29, 1.82) is 0 Å². The molecule has 11 nitrogen and oxygen atoms in total.